The zero-order valence-corrected chi connectivity index (χ0v) is 25.7. The van der Waals surface area contributed by atoms with E-state index >= 15 is 0 Å². The number of amides is 1. The fourth-order valence-corrected chi connectivity index (χ4v) is 5.38. The minimum atomic E-state index is -1.07. The molecule has 0 aliphatic rings. The summed E-state index contributed by atoms with van der Waals surface area (Å²) in [6.45, 7) is 2.92. The molecule has 0 saturated heterocycles. The Kier molecular flexibility index (Phi) is 11.0. The van der Waals surface area contributed by atoms with Crippen molar-refractivity contribution < 1.29 is 24.4 Å². The largest absolute Gasteiger partial charge is 0.497 e. The number of carboxylic acid groups (broad SMARTS) is 1. The van der Waals surface area contributed by atoms with Crippen LogP contribution in [0.15, 0.2) is 91.0 Å². The standard InChI is InChI=1S/C34H35N3O6S/c1-23-6-4-5-7-29(23)31-20-25(10-17-30(31)33(38)35-32(34(39)40)18-19-44-3)22-36(21-24-8-15-28(43-2)16-9-24)26-11-13-27(14-12-26)37(41)42/h4-17,20,32H,18-19,21-22H2,1-3H3,(H,35,38)(H,39,40)/t32-/m0/s1. The molecule has 0 heterocycles. The second kappa shape index (κ2) is 15.1. The number of carboxylic acids is 1. The molecule has 4 rings (SSSR count). The first-order chi connectivity index (χ1) is 21.2. The number of nitrogens with zero attached hydrogens (tertiary/aromatic N) is 2. The predicted molar refractivity (Wildman–Crippen MR) is 174 cm³/mol. The quantitative estimate of drug-likeness (QED) is 0.119. The molecule has 44 heavy (non-hydrogen) atoms. The Morgan fingerprint density at radius 1 is 0.955 bits per heavy atom. The van der Waals surface area contributed by atoms with E-state index in [1.807, 2.05) is 73.8 Å². The summed E-state index contributed by atoms with van der Waals surface area (Å²) in [6, 6.07) is 26.4. The molecule has 0 saturated carbocycles. The molecule has 0 aromatic heterocycles. The molecular weight excluding hydrogens is 578 g/mol. The fraction of sp³-hybridized carbons (Fsp3) is 0.235. The molecule has 0 fully saturated rings. The number of nitro benzene ring substituents is 1. The first kappa shape index (κ1) is 32.1. The Hall–Kier alpha value is -4.83. The number of rotatable bonds is 14. The predicted octanol–water partition coefficient (Wildman–Crippen LogP) is 6.72. The molecule has 0 aliphatic carbocycles. The van der Waals surface area contributed by atoms with Crippen molar-refractivity contribution in [1.82, 2.24) is 5.32 Å². The second-order valence-corrected chi connectivity index (χ2v) is 11.3. The maximum atomic E-state index is 13.5. The molecule has 9 nitrogen and oxygen atoms in total. The van der Waals surface area contributed by atoms with E-state index in [9.17, 15) is 24.8 Å². The Morgan fingerprint density at radius 2 is 1.61 bits per heavy atom. The lowest BCUT2D eigenvalue weighted by molar-refractivity contribution is -0.384. The maximum absolute atomic E-state index is 13.5. The first-order valence-electron chi connectivity index (χ1n) is 14.0. The van der Waals surface area contributed by atoms with Gasteiger partial charge in [0.15, 0.2) is 0 Å². The lowest BCUT2D eigenvalue weighted by Crippen LogP contribution is -2.41. The van der Waals surface area contributed by atoms with Gasteiger partial charge in [0.05, 0.1) is 12.0 Å². The highest BCUT2D eigenvalue weighted by Gasteiger charge is 2.23. The van der Waals surface area contributed by atoms with Crippen molar-refractivity contribution in [3.63, 3.8) is 0 Å². The third-order valence-corrected chi connectivity index (χ3v) is 7.95. The minimum absolute atomic E-state index is 0.00699. The van der Waals surface area contributed by atoms with Crippen LogP contribution in [-0.4, -0.2) is 47.1 Å². The molecule has 4 aromatic rings. The number of methoxy groups -OCH3 is 1. The summed E-state index contributed by atoms with van der Waals surface area (Å²) in [7, 11) is 1.61. The van der Waals surface area contributed by atoms with Gasteiger partial charge in [-0.25, -0.2) is 4.79 Å². The first-order valence-corrected chi connectivity index (χ1v) is 15.4. The number of anilines is 1. The molecule has 0 aliphatic heterocycles. The number of hydrogen-bond donors (Lipinski definition) is 2. The van der Waals surface area contributed by atoms with Gasteiger partial charge in [0, 0.05) is 36.5 Å². The van der Waals surface area contributed by atoms with Crippen LogP contribution in [0.4, 0.5) is 11.4 Å². The summed E-state index contributed by atoms with van der Waals surface area (Å²) in [4.78, 5) is 38.3. The van der Waals surface area contributed by atoms with Crippen LogP contribution in [0, 0.1) is 17.0 Å². The third-order valence-electron chi connectivity index (χ3n) is 7.31. The number of nitro groups is 1. The lowest BCUT2D eigenvalue weighted by Gasteiger charge is -2.26. The van der Waals surface area contributed by atoms with Gasteiger partial charge in [-0.1, -0.05) is 42.5 Å². The van der Waals surface area contributed by atoms with E-state index in [2.05, 4.69) is 10.2 Å². The van der Waals surface area contributed by atoms with Crippen LogP contribution in [0.3, 0.4) is 0 Å². The van der Waals surface area contributed by atoms with Gasteiger partial charge in [0.25, 0.3) is 11.6 Å². The smallest absolute Gasteiger partial charge is 0.326 e. The van der Waals surface area contributed by atoms with Gasteiger partial charge in [-0.3, -0.25) is 14.9 Å². The van der Waals surface area contributed by atoms with E-state index < -0.39 is 22.8 Å². The number of hydrogen-bond acceptors (Lipinski definition) is 7. The van der Waals surface area contributed by atoms with Crippen molar-refractivity contribution in [2.75, 3.05) is 24.0 Å². The number of nitrogens with one attached hydrogen (secondary N) is 1. The molecule has 4 aromatic carbocycles. The van der Waals surface area contributed by atoms with Gasteiger partial charge in [-0.05, 0) is 89.6 Å². The molecule has 0 spiro atoms. The Bertz CT molecular complexity index is 1610. The highest BCUT2D eigenvalue weighted by molar-refractivity contribution is 7.98. The van der Waals surface area contributed by atoms with Crippen molar-refractivity contribution in [1.29, 1.82) is 0 Å². The van der Waals surface area contributed by atoms with Crippen molar-refractivity contribution in [2.24, 2.45) is 0 Å². The molecule has 1 amide bonds. The maximum Gasteiger partial charge on any atom is 0.326 e. The Balaban J connectivity index is 1.72. The number of non-ortho nitro benzene ring substituents is 1. The molecule has 0 bridgehead atoms. The second-order valence-electron chi connectivity index (χ2n) is 10.3. The molecular formula is C34H35N3O6S. The Labute approximate surface area is 261 Å². The van der Waals surface area contributed by atoms with Crippen molar-refractivity contribution in [2.45, 2.75) is 32.5 Å². The van der Waals surface area contributed by atoms with Crippen molar-refractivity contribution in [3.05, 3.63) is 123 Å². The molecule has 0 radical (unpaired) electrons. The van der Waals surface area contributed by atoms with Crippen LogP contribution in [0.1, 0.15) is 33.5 Å². The zero-order chi connectivity index (χ0) is 31.6. The summed E-state index contributed by atoms with van der Waals surface area (Å²) in [5.74, 6) is -0.175. The van der Waals surface area contributed by atoms with Gasteiger partial charge in [0.2, 0.25) is 0 Å². The highest BCUT2D eigenvalue weighted by atomic mass is 32.2. The van der Waals surface area contributed by atoms with Crippen LogP contribution in [0.25, 0.3) is 11.1 Å². The highest BCUT2D eigenvalue weighted by Crippen LogP contribution is 2.30. The number of thioether (sulfide) groups is 1. The molecule has 2 N–H and O–H groups in total. The zero-order valence-electron chi connectivity index (χ0n) is 24.9. The SMILES string of the molecule is COc1ccc(CN(Cc2ccc(C(=O)N[C@@H](CCSC)C(=O)O)c(-c3ccccc3C)c2)c2ccc([N+](=O)[O-])cc2)cc1. The average Bonchev–Trinajstić information content (AvgIpc) is 3.03. The average molecular weight is 614 g/mol. The van der Waals surface area contributed by atoms with E-state index in [0.29, 0.717) is 36.4 Å². The van der Waals surface area contributed by atoms with Crippen LogP contribution in [0.5, 0.6) is 5.75 Å². The third kappa shape index (κ3) is 8.17. The van der Waals surface area contributed by atoms with Crippen LogP contribution in [-0.2, 0) is 17.9 Å². The summed E-state index contributed by atoms with van der Waals surface area (Å²) in [6.07, 6.45) is 2.21. The van der Waals surface area contributed by atoms with E-state index in [4.69, 9.17) is 4.74 Å². The van der Waals surface area contributed by atoms with Crippen LogP contribution in [0.2, 0.25) is 0 Å². The Morgan fingerprint density at radius 3 is 2.23 bits per heavy atom. The number of carbonyl (C=O) groups is 2. The van der Waals surface area contributed by atoms with E-state index in [1.165, 1.54) is 23.9 Å². The van der Waals surface area contributed by atoms with Gasteiger partial charge < -0.3 is 20.1 Å². The number of ether oxygens (including phenoxy) is 1. The summed E-state index contributed by atoms with van der Waals surface area (Å²) in [5, 5.41) is 23.7. The summed E-state index contributed by atoms with van der Waals surface area (Å²) in [5.41, 5.74) is 5.65. The molecule has 10 heteroatoms. The number of aryl methyl sites for hydroxylation is 1. The normalized spacial score (nSPS) is 11.4. The molecule has 0 unspecified atom stereocenters. The molecule has 1 atom stereocenters. The van der Waals surface area contributed by atoms with E-state index in [-0.39, 0.29) is 5.69 Å². The minimum Gasteiger partial charge on any atom is -0.497 e. The van der Waals surface area contributed by atoms with Crippen molar-refractivity contribution >= 4 is 35.0 Å². The number of aliphatic carboxylic acids is 1. The van der Waals surface area contributed by atoms with Crippen molar-refractivity contribution in [3.8, 4) is 16.9 Å². The van der Waals surface area contributed by atoms with Crippen LogP contribution < -0.4 is 15.0 Å². The van der Waals surface area contributed by atoms with Gasteiger partial charge in [0.1, 0.15) is 11.8 Å². The van der Waals surface area contributed by atoms with E-state index in [0.717, 1.165) is 33.7 Å². The molecule has 228 valence electrons. The van der Waals surface area contributed by atoms with Gasteiger partial charge in [-0.15, -0.1) is 0 Å². The summed E-state index contributed by atoms with van der Waals surface area (Å²) >= 11 is 1.52. The number of carbonyl (C=O) groups excluding carboxylic acids is 1. The lowest BCUT2D eigenvalue weighted by atomic mass is 9.93. The van der Waals surface area contributed by atoms with Gasteiger partial charge in [-0.2, -0.15) is 11.8 Å². The monoisotopic (exact) mass is 613 g/mol. The topological polar surface area (TPSA) is 122 Å². The summed E-state index contributed by atoms with van der Waals surface area (Å²) < 4.78 is 5.30. The number of benzene rings is 4. The fourth-order valence-electron chi connectivity index (χ4n) is 4.91. The van der Waals surface area contributed by atoms with Crippen LogP contribution >= 0.6 is 11.8 Å². The van der Waals surface area contributed by atoms with Gasteiger partial charge >= 0.3 is 5.97 Å². The van der Waals surface area contributed by atoms with E-state index in [1.54, 1.807) is 25.3 Å².